The van der Waals surface area contributed by atoms with Gasteiger partial charge in [-0.3, -0.25) is 4.79 Å². The second-order valence-corrected chi connectivity index (χ2v) is 6.34. The van der Waals surface area contributed by atoms with E-state index < -0.39 is 0 Å². The van der Waals surface area contributed by atoms with Gasteiger partial charge in [-0.2, -0.15) is 0 Å². The number of rotatable bonds is 3. The van der Waals surface area contributed by atoms with Crippen LogP contribution in [0.4, 0.5) is 0 Å². The number of benzene rings is 3. The maximum absolute atomic E-state index is 12.8. The van der Waals surface area contributed by atoms with E-state index in [2.05, 4.69) is 4.85 Å². The summed E-state index contributed by atoms with van der Waals surface area (Å²) in [6.45, 7) is 7.33. The molecule has 0 atom stereocenters. The van der Waals surface area contributed by atoms with Crippen molar-refractivity contribution in [3.63, 3.8) is 0 Å². The molecule has 0 aliphatic carbocycles. The zero-order chi connectivity index (χ0) is 19.0. The first kappa shape index (κ1) is 16.7. The van der Waals surface area contributed by atoms with Crippen molar-refractivity contribution in [1.82, 2.24) is 0 Å². The zero-order valence-corrected chi connectivity index (χ0v) is 14.4. The van der Waals surface area contributed by atoms with Gasteiger partial charge in [-0.1, -0.05) is 54.6 Å². The normalized spacial score (nSPS) is 12.1. The maximum Gasteiger partial charge on any atom is 0.273 e. The van der Waals surface area contributed by atoms with Crippen LogP contribution in [-0.4, -0.2) is 11.7 Å². The molecule has 4 aromatic carbocycles. The molecular formula is C23H14N2O2. The van der Waals surface area contributed by atoms with E-state index in [4.69, 9.17) is 11.7 Å². The molecule has 0 aliphatic rings. The van der Waals surface area contributed by atoms with Gasteiger partial charge in [-0.25, -0.2) is 10.1 Å². The van der Waals surface area contributed by atoms with E-state index >= 15 is 0 Å². The summed E-state index contributed by atoms with van der Waals surface area (Å²) in [5.41, 5.74) is 2.62. The Morgan fingerprint density at radius 1 is 1.04 bits per heavy atom. The van der Waals surface area contributed by atoms with Crippen LogP contribution in [0.15, 0.2) is 59.4 Å². The van der Waals surface area contributed by atoms with Gasteiger partial charge in [0.15, 0.2) is 5.43 Å². The lowest BCUT2D eigenvalue weighted by Crippen LogP contribution is -2.21. The van der Waals surface area contributed by atoms with Crippen LogP contribution in [-0.2, 0) is 6.42 Å². The molecule has 4 aromatic rings. The first-order valence-electron chi connectivity index (χ1n) is 8.52. The molecule has 128 valence electrons. The highest BCUT2D eigenvalue weighted by Gasteiger charge is 2.16. The van der Waals surface area contributed by atoms with Crippen LogP contribution in [0.2, 0.25) is 0 Å². The van der Waals surface area contributed by atoms with E-state index in [-0.39, 0.29) is 23.0 Å². The van der Waals surface area contributed by atoms with E-state index in [1.54, 1.807) is 6.07 Å². The first-order chi connectivity index (χ1) is 13.2. The summed E-state index contributed by atoms with van der Waals surface area (Å²) in [5.74, 6) is 0. The number of aliphatic hydroxyl groups excluding tert-OH is 1. The Labute approximate surface area is 155 Å². The van der Waals surface area contributed by atoms with E-state index in [1.165, 1.54) is 0 Å². The molecule has 0 heterocycles. The predicted molar refractivity (Wildman–Crippen MR) is 106 cm³/mol. The molecule has 0 bridgehead atoms. The van der Waals surface area contributed by atoms with Gasteiger partial charge < -0.3 is 5.11 Å². The number of aliphatic hydroxyl groups is 1. The molecule has 1 N–H and O–H groups in total. The molecule has 0 spiro atoms. The summed E-state index contributed by atoms with van der Waals surface area (Å²) in [4.78, 5) is 16.1. The average molecular weight is 350 g/mol. The van der Waals surface area contributed by atoms with Crippen LogP contribution in [0.5, 0.6) is 0 Å². The smallest absolute Gasteiger partial charge is 0.273 e. The molecule has 0 fully saturated rings. The van der Waals surface area contributed by atoms with E-state index in [0.717, 1.165) is 27.5 Å². The molecule has 0 aliphatic heterocycles. The lowest BCUT2D eigenvalue weighted by molar-refractivity contribution is 0.299. The summed E-state index contributed by atoms with van der Waals surface area (Å²) in [6, 6.07) is 19.1. The minimum atomic E-state index is -0.265. The lowest BCUT2D eigenvalue weighted by Gasteiger charge is -2.09. The van der Waals surface area contributed by atoms with Crippen LogP contribution < -0.4 is 10.6 Å². The van der Waals surface area contributed by atoms with Gasteiger partial charge in [0.05, 0.1) is 12.6 Å². The average Bonchev–Trinajstić information content (AvgIpc) is 2.99. The fraction of sp³-hybridized carbons (Fsp3) is 0.0870. The SMILES string of the molecule is [C-]#[N+]/C(C#N)=c1\c(=O)c2cccc3c(-c4ccc(CCO)cc4)ccc1c32. The van der Waals surface area contributed by atoms with Crippen molar-refractivity contribution in [2.75, 3.05) is 6.61 Å². The van der Waals surface area contributed by atoms with E-state index in [9.17, 15) is 10.1 Å². The number of nitrogens with zero attached hydrogens (tertiary/aromatic N) is 2. The molecule has 27 heavy (non-hydrogen) atoms. The molecule has 4 heteroatoms. The van der Waals surface area contributed by atoms with Crippen LogP contribution in [0.25, 0.3) is 43.2 Å². The standard InChI is InChI=1S/C23H14N2O2/c1-25-20(13-24)22-18-10-9-16(15-7-5-14(6-8-15)11-12-26)17-3-2-4-19(21(17)18)23(22)27/h2-10,26H,11-12H2/b22-20-. The van der Waals surface area contributed by atoms with Crippen LogP contribution in [0.3, 0.4) is 0 Å². The summed E-state index contributed by atoms with van der Waals surface area (Å²) in [6.07, 6.45) is 0.611. The molecular weight excluding hydrogens is 336 g/mol. The van der Waals surface area contributed by atoms with Crippen molar-refractivity contribution in [2.24, 2.45) is 0 Å². The Hall–Kier alpha value is -3.73. The molecule has 0 saturated carbocycles. The summed E-state index contributed by atoms with van der Waals surface area (Å²) < 4.78 is 0. The molecule has 4 nitrogen and oxygen atoms in total. The Bertz CT molecular complexity index is 1340. The predicted octanol–water partition coefficient (Wildman–Crippen LogP) is 3.26. The summed E-state index contributed by atoms with van der Waals surface area (Å²) in [5, 5.41) is 21.4. The molecule has 0 amide bonds. The lowest BCUT2D eigenvalue weighted by atomic mass is 9.95. The number of hydrogen-bond acceptors (Lipinski definition) is 3. The van der Waals surface area contributed by atoms with Crippen molar-refractivity contribution >= 4 is 27.2 Å². The van der Waals surface area contributed by atoms with Gasteiger partial charge >= 0.3 is 0 Å². The topological polar surface area (TPSA) is 65.5 Å². The minimum absolute atomic E-state index is 0.111. The Kier molecular flexibility index (Phi) is 4.05. The third-order valence-electron chi connectivity index (χ3n) is 4.90. The molecule has 4 rings (SSSR count). The minimum Gasteiger partial charge on any atom is -0.396 e. The monoisotopic (exact) mass is 350 g/mol. The third-order valence-corrected chi connectivity index (χ3v) is 4.90. The molecule has 0 aromatic heterocycles. The summed E-state index contributed by atoms with van der Waals surface area (Å²) in [7, 11) is 0. The van der Waals surface area contributed by atoms with Crippen LogP contribution in [0, 0.1) is 17.9 Å². The first-order valence-corrected chi connectivity index (χ1v) is 8.52. The van der Waals surface area contributed by atoms with Crippen molar-refractivity contribution < 1.29 is 5.11 Å². The molecule has 0 radical (unpaired) electrons. The van der Waals surface area contributed by atoms with Gasteiger partial charge in [0.2, 0.25) is 0 Å². The fourth-order valence-electron chi connectivity index (χ4n) is 3.66. The Morgan fingerprint density at radius 2 is 1.78 bits per heavy atom. The summed E-state index contributed by atoms with van der Waals surface area (Å²) >= 11 is 0. The van der Waals surface area contributed by atoms with Gasteiger partial charge in [0.1, 0.15) is 0 Å². The third kappa shape index (κ3) is 2.52. The van der Waals surface area contributed by atoms with Crippen molar-refractivity contribution in [2.45, 2.75) is 6.42 Å². The fourth-order valence-corrected chi connectivity index (χ4v) is 3.66. The van der Waals surface area contributed by atoms with Crippen molar-refractivity contribution in [3.8, 4) is 17.2 Å². The van der Waals surface area contributed by atoms with Gasteiger partial charge in [0, 0.05) is 22.6 Å². The van der Waals surface area contributed by atoms with E-state index in [1.807, 2.05) is 54.6 Å². The Morgan fingerprint density at radius 3 is 2.44 bits per heavy atom. The highest BCUT2D eigenvalue weighted by atomic mass is 16.2. The maximum atomic E-state index is 12.8. The highest BCUT2D eigenvalue weighted by Crippen LogP contribution is 2.33. The second kappa shape index (κ2) is 6.53. The highest BCUT2D eigenvalue weighted by molar-refractivity contribution is 6.17. The van der Waals surface area contributed by atoms with Crippen LogP contribution in [0.1, 0.15) is 5.56 Å². The number of nitriles is 1. The number of hydrogen-bond donors (Lipinski definition) is 1. The van der Waals surface area contributed by atoms with Crippen LogP contribution >= 0.6 is 0 Å². The second-order valence-electron chi connectivity index (χ2n) is 6.34. The van der Waals surface area contributed by atoms with Gasteiger partial charge in [-0.05, 0) is 33.9 Å². The van der Waals surface area contributed by atoms with Crippen molar-refractivity contribution in [1.29, 1.82) is 5.26 Å². The molecule has 0 saturated heterocycles. The quantitative estimate of drug-likeness (QED) is 0.577. The largest absolute Gasteiger partial charge is 0.396 e. The zero-order valence-electron chi connectivity index (χ0n) is 14.4. The van der Waals surface area contributed by atoms with Crippen molar-refractivity contribution in [3.05, 3.63) is 87.0 Å². The van der Waals surface area contributed by atoms with Gasteiger partial charge in [-0.15, -0.1) is 0 Å². The molecule has 0 unspecified atom stereocenters. The van der Waals surface area contributed by atoms with Gasteiger partial charge in [0.25, 0.3) is 5.70 Å². The van der Waals surface area contributed by atoms with E-state index in [0.29, 0.717) is 17.2 Å². The Balaban J connectivity index is 2.07.